The zero-order valence-corrected chi connectivity index (χ0v) is 11.2. The van der Waals surface area contributed by atoms with Crippen molar-refractivity contribution in [3.8, 4) is 11.5 Å². The van der Waals surface area contributed by atoms with Gasteiger partial charge >= 0.3 is 0 Å². The number of hydrazine groups is 1. The Morgan fingerprint density at radius 3 is 2.33 bits per heavy atom. The standard InChI is InChI=1S/C13H12Cl2N2O/c1-8-6-10(17-16)7-12(15)13(8)18-11-4-2-9(14)3-5-11/h2-7,17H,16H2,1H3. The van der Waals surface area contributed by atoms with Gasteiger partial charge in [-0.05, 0) is 48.9 Å². The van der Waals surface area contributed by atoms with Gasteiger partial charge in [0, 0.05) is 5.02 Å². The van der Waals surface area contributed by atoms with Crippen molar-refractivity contribution in [3.63, 3.8) is 0 Å². The minimum absolute atomic E-state index is 0.498. The van der Waals surface area contributed by atoms with E-state index < -0.39 is 0 Å². The van der Waals surface area contributed by atoms with Gasteiger partial charge in [0.2, 0.25) is 0 Å². The van der Waals surface area contributed by atoms with Crippen molar-refractivity contribution in [2.45, 2.75) is 6.92 Å². The third-order valence-corrected chi connectivity index (χ3v) is 2.96. The highest BCUT2D eigenvalue weighted by Gasteiger charge is 2.09. The van der Waals surface area contributed by atoms with Crippen LogP contribution in [0.15, 0.2) is 36.4 Å². The SMILES string of the molecule is Cc1cc(NN)cc(Cl)c1Oc1ccc(Cl)cc1. The molecule has 0 saturated carbocycles. The first-order valence-corrected chi connectivity index (χ1v) is 6.06. The van der Waals surface area contributed by atoms with Gasteiger partial charge in [0.25, 0.3) is 0 Å². The van der Waals surface area contributed by atoms with Crippen LogP contribution in [0.2, 0.25) is 10.0 Å². The van der Waals surface area contributed by atoms with Crippen molar-refractivity contribution < 1.29 is 4.74 Å². The fourth-order valence-electron chi connectivity index (χ4n) is 1.56. The number of nitrogens with two attached hydrogens (primary N) is 1. The minimum Gasteiger partial charge on any atom is -0.456 e. The number of halogens is 2. The average Bonchev–Trinajstić information content (AvgIpc) is 2.35. The van der Waals surface area contributed by atoms with Crippen molar-refractivity contribution in [1.82, 2.24) is 0 Å². The normalized spacial score (nSPS) is 10.2. The van der Waals surface area contributed by atoms with Crippen LogP contribution in [-0.2, 0) is 0 Å². The first kappa shape index (κ1) is 13.0. The van der Waals surface area contributed by atoms with Crippen molar-refractivity contribution in [1.29, 1.82) is 0 Å². The predicted octanol–water partition coefficient (Wildman–Crippen LogP) is 4.38. The smallest absolute Gasteiger partial charge is 0.149 e. The number of hydrogen-bond donors (Lipinski definition) is 2. The lowest BCUT2D eigenvalue weighted by Crippen LogP contribution is -2.07. The number of rotatable bonds is 3. The molecular weight excluding hydrogens is 271 g/mol. The van der Waals surface area contributed by atoms with E-state index in [0.717, 1.165) is 11.3 Å². The van der Waals surface area contributed by atoms with E-state index in [1.807, 2.05) is 13.0 Å². The van der Waals surface area contributed by atoms with Crippen LogP contribution >= 0.6 is 23.2 Å². The summed E-state index contributed by atoms with van der Waals surface area (Å²) >= 11 is 12.0. The fraction of sp³-hybridized carbons (Fsp3) is 0.0769. The van der Waals surface area contributed by atoms with Crippen LogP contribution in [0, 0.1) is 6.92 Å². The Morgan fingerprint density at radius 1 is 1.11 bits per heavy atom. The van der Waals surface area contributed by atoms with E-state index in [-0.39, 0.29) is 0 Å². The van der Waals surface area contributed by atoms with Gasteiger partial charge in [0.1, 0.15) is 11.5 Å². The summed E-state index contributed by atoms with van der Waals surface area (Å²) in [6.45, 7) is 1.90. The van der Waals surface area contributed by atoms with Crippen molar-refractivity contribution >= 4 is 28.9 Å². The second kappa shape index (κ2) is 5.48. The Hall–Kier alpha value is -1.42. The Labute approximate surface area is 115 Å². The molecule has 0 bridgehead atoms. The molecule has 0 aliphatic rings. The third-order valence-electron chi connectivity index (χ3n) is 2.43. The molecule has 0 radical (unpaired) electrons. The number of benzene rings is 2. The lowest BCUT2D eigenvalue weighted by atomic mass is 10.2. The van der Waals surface area contributed by atoms with Gasteiger partial charge in [0.15, 0.2) is 0 Å². The van der Waals surface area contributed by atoms with E-state index in [2.05, 4.69) is 5.43 Å². The van der Waals surface area contributed by atoms with E-state index in [1.54, 1.807) is 30.3 Å². The molecule has 2 rings (SSSR count). The molecule has 94 valence electrons. The van der Waals surface area contributed by atoms with Gasteiger partial charge < -0.3 is 10.2 Å². The third kappa shape index (κ3) is 2.88. The summed E-state index contributed by atoms with van der Waals surface area (Å²) in [7, 11) is 0. The van der Waals surface area contributed by atoms with E-state index in [4.69, 9.17) is 33.8 Å². The summed E-state index contributed by atoms with van der Waals surface area (Å²) in [6.07, 6.45) is 0. The van der Waals surface area contributed by atoms with Crippen LogP contribution in [0.3, 0.4) is 0 Å². The maximum Gasteiger partial charge on any atom is 0.149 e. The maximum atomic E-state index is 6.15. The zero-order chi connectivity index (χ0) is 13.1. The molecule has 0 aliphatic heterocycles. The molecular formula is C13H12Cl2N2O. The summed E-state index contributed by atoms with van der Waals surface area (Å²) in [5.74, 6) is 6.63. The van der Waals surface area contributed by atoms with Crippen LogP contribution in [0.5, 0.6) is 11.5 Å². The minimum atomic E-state index is 0.498. The average molecular weight is 283 g/mol. The summed E-state index contributed by atoms with van der Waals surface area (Å²) < 4.78 is 5.74. The van der Waals surface area contributed by atoms with Crippen LogP contribution < -0.4 is 16.0 Å². The molecule has 0 aromatic heterocycles. The molecule has 18 heavy (non-hydrogen) atoms. The van der Waals surface area contributed by atoms with Gasteiger partial charge in [-0.3, -0.25) is 5.84 Å². The number of hydrogen-bond acceptors (Lipinski definition) is 3. The summed E-state index contributed by atoms with van der Waals surface area (Å²) in [5.41, 5.74) is 4.18. The highest BCUT2D eigenvalue weighted by atomic mass is 35.5. The lowest BCUT2D eigenvalue weighted by molar-refractivity contribution is 0.479. The second-order valence-electron chi connectivity index (χ2n) is 3.80. The van der Waals surface area contributed by atoms with Crippen LogP contribution in [0.4, 0.5) is 5.69 Å². The van der Waals surface area contributed by atoms with E-state index in [9.17, 15) is 0 Å². The van der Waals surface area contributed by atoms with Gasteiger partial charge in [0.05, 0.1) is 10.7 Å². The molecule has 2 aromatic rings. The van der Waals surface area contributed by atoms with Crippen molar-refractivity contribution in [3.05, 3.63) is 52.0 Å². The molecule has 5 heteroatoms. The molecule has 0 heterocycles. The molecule has 0 atom stereocenters. The van der Waals surface area contributed by atoms with E-state index >= 15 is 0 Å². The van der Waals surface area contributed by atoms with Crippen LogP contribution in [-0.4, -0.2) is 0 Å². The number of aryl methyl sites for hydroxylation is 1. The van der Waals surface area contributed by atoms with Gasteiger partial charge in [-0.15, -0.1) is 0 Å². The predicted molar refractivity (Wildman–Crippen MR) is 75.5 cm³/mol. The first-order chi connectivity index (χ1) is 8.60. The molecule has 3 N–H and O–H groups in total. The quantitative estimate of drug-likeness (QED) is 0.649. The Balaban J connectivity index is 2.31. The summed E-state index contributed by atoms with van der Waals surface area (Å²) in [6, 6.07) is 10.7. The molecule has 0 spiro atoms. The van der Waals surface area contributed by atoms with Gasteiger partial charge in [-0.25, -0.2) is 0 Å². The van der Waals surface area contributed by atoms with Gasteiger partial charge in [-0.2, -0.15) is 0 Å². The molecule has 2 aromatic carbocycles. The number of nitrogen functional groups attached to an aromatic ring is 1. The lowest BCUT2D eigenvalue weighted by Gasteiger charge is -2.12. The fourth-order valence-corrected chi connectivity index (χ4v) is 2.00. The van der Waals surface area contributed by atoms with Crippen molar-refractivity contribution in [2.75, 3.05) is 5.43 Å². The van der Waals surface area contributed by atoms with E-state index in [0.29, 0.717) is 21.5 Å². The molecule has 0 saturated heterocycles. The zero-order valence-electron chi connectivity index (χ0n) is 9.71. The largest absolute Gasteiger partial charge is 0.456 e. The molecule has 0 fully saturated rings. The Bertz CT molecular complexity index is 532. The number of ether oxygens (including phenoxy) is 1. The first-order valence-electron chi connectivity index (χ1n) is 5.30. The van der Waals surface area contributed by atoms with E-state index in [1.165, 1.54) is 0 Å². The monoisotopic (exact) mass is 282 g/mol. The second-order valence-corrected chi connectivity index (χ2v) is 4.65. The molecule has 0 aliphatic carbocycles. The topological polar surface area (TPSA) is 47.3 Å². The van der Waals surface area contributed by atoms with Crippen LogP contribution in [0.1, 0.15) is 5.56 Å². The highest BCUT2D eigenvalue weighted by molar-refractivity contribution is 6.32. The summed E-state index contributed by atoms with van der Waals surface area (Å²) in [4.78, 5) is 0. The van der Waals surface area contributed by atoms with Gasteiger partial charge in [-0.1, -0.05) is 23.2 Å². The Morgan fingerprint density at radius 2 is 1.78 bits per heavy atom. The molecule has 3 nitrogen and oxygen atoms in total. The number of anilines is 1. The molecule has 0 amide bonds. The van der Waals surface area contributed by atoms with Crippen LogP contribution in [0.25, 0.3) is 0 Å². The summed E-state index contributed by atoms with van der Waals surface area (Å²) in [5, 5.41) is 1.16. The highest BCUT2D eigenvalue weighted by Crippen LogP contribution is 2.35. The molecule has 0 unspecified atom stereocenters. The number of nitrogens with one attached hydrogen (secondary N) is 1. The Kier molecular flexibility index (Phi) is 3.97. The van der Waals surface area contributed by atoms with Crippen molar-refractivity contribution in [2.24, 2.45) is 5.84 Å². The maximum absolute atomic E-state index is 6.15.